The van der Waals surface area contributed by atoms with E-state index in [1.165, 1.54) is 13.1 Å². The van der Waals surface area contributed by atoms with E-state index >= 15 is 0 Å². The first-order valence-corrected chi connectivity index (χ1v) is 7.31. The minimum absolute atomic E-state index is 0.130. The molecule has 0 saturated carbocycles. The van der Waals surface area contributed by atoms with Crippen molar-refractivity contribution in [1.82, 2.24) is 4.98 Å². The van der Waals surface area contributed by atoms with Gasteiger partial charge in [-0.2, -0.15) is 0 Å². The molecule has 24 heavy (non-hydrogen) atoms. The van der Waals surface area contributed by atoms with Crippen LogP contribution in [0.4, 0.5) is 11.4 Å². The first-order chi connectivity index (χ1) is 11.7. The summed E-state index contributed by atoms with van der Waals surface area (Å²) in [6.07, 6.45) is 2.22. The Morgan fingerprint density at radius 2 is 1.79 bits per heavy atom. The number of aromatic nitrogens is 1. The fourth-order valence-electron chi connectivity index (χ4n) is 2.16. The molecule has 0 aliphatic rings. The lowest BCUT2D eigenvalue weighted by atomic mass is 10.2. The average molecular weight is 321 g/mol. The second kappa shape index (κ2) is 6.78. The molecule has 0 atom stereocenters. The summed E-state index contributed by atoms with van der Waals surface area (Å²) >= 11 is 0. The van der Waals surface area contributed by atoms with Gasteiger partial charge >= 0.3 is 0 Å². The molecule has 0 radical (unpaired) electrons. The van der Waals surface area contributed by atoms with Crippen LogP contribution >= 0.6 is 0 Å². The van der Waals surface area contributed by atoms with E-state index in [0.29, 0.717) is 28.6 Å². The van der Waals surface area contributed by atoms with Crippen molar-refractivity contribution in [3.8, 4) is 0 Å². The monoisotopic (exact) mass is 321 g/mol. The zero-order chi connectivity index (χ0) is 16.9. The lowest BCUT2D eigenvalue weighted by molar-refractivity contribution is -0.114. The van der Waals surface area contributed by atoms with Crippen molar-refractivity contribution >= 4 is 40.2 Å². The number of nitrogens with one attached hydrogen (secondary N) is 2. The van der Waals surface area contributed by atoms with Gasteiger partial charge in [0.25, 0.3) is 0 Å². The minimum atomic E-state index is -0.130. The molecule has 3 aromatic rings. The van der Waals surface area contributed by atoms with Crippen LogP contribution in [0.3, 0.4) is 0 Å². The number of allylic oxidation sites excluding steroid dienone is 1. The Labute approximate surface area is 138 Å². The predicted molar refractivity (Wildman–Crippen MR) is 92.4 cm³/mol. The Morgan fingerprint density at radius 3 is 2.46 bits per heavy atom. The number of carbonyl (C=O) groups is 2. The van der Waals surface area contributed by atoms with Crippen LogP contribution in [0.25, 0.3) is 16.7 Å². The molecule has 0 aliphatic carbocycles. The molecular weight excluding hydrogens is 306 g/mol. The zero-order valence-corrected chi connectivity index (χ0v) is 12.9. The number of oxazole rings is 1. The van der Waals surface area contributed by atoms with Crippen LogP contribution in [0.15, 0.2) is 59.1 Å². The van der Waals surface area contributed by atoms with Crippen molar-refractivity contribution in [3.05, 3.63) is 60.6 Å². The molecule has 0 saturated heterocycles. The summed E-state index contributed by atoms with van der Waals surface area (Å²) in [7, 11) is 0. The number of anilines is 2. The van der Waals surface area contributed by atoms with Gasteiger partial charge in [-0.3, -0.25) is 9.59 Å². The molecule has 2 N–H and O–H groups in total. The number of aldehydes is 1. The van der Waals surface area contributed by atoms with Crippen LogP contribution in [-0.2, 0) is 9.59 Å². The van der Waals surface area contributed by atoms with E-state index in [9.17, 15) is 9.59 Å². The molecule has 0 fully saturated rings. The highest BCUT2D eigenvalue weighted by Crippen LogP contribution is 2.20. The molecule has 1 aromatic heterocycles. The fourth-order valence-corrected chi connectivity index (χ4v) is 2.16. The molecule has 2 aromatic carbocycles. The van der Waals surface area contributed by atoms with E-state index in [1.807, 2.05) is 18.2 Å². The number of para-hydroxylation sites is 2. The van der Waals surface area contributed by atoms with Crippen LogP contribution in [0.2, 0.25) is 0 Å². The number of amides is 1. The first kappa shape index (κ1) is 15.5. The second-order valence-corrected chi connectivity index (χ2v) is 5.11. The molecule has 1 heterocycles. The molecule has 6 nitrogen and oxygen atoms in total. The molecule has 3 rings (SSSR count). The van der Waals surface area contributed by atoms with Gasteiger partial charge in [0.05, 0.1) is 5.57 Å². The third-order valence-electron chi connectivity index (χ3n) is 3.27. The quantitative estimate of drug-likeness (QED) is 0.555. The van der Waals surface area contributed by atoms with E-state index in [1.54, 1.807) is 30.3 Å². The average Bonchev–Trinajstić information content (AvgIpc) is 3.00. The highest BCUT2D eigenvalue weighted by atomic mass is 16.3. The number of fused-ring (bicyclic) bond motifs is 1. The molecule has 0 spiro atoms. The van der Waals surface area contributed by atoms with Gasteiger partial charge in [0, 0.05) is 24.5 Å². The summed E-state index contributed by atoms with van der Waals surface area (Å²) in [5.74, 6) is 0.128. The van der Waals surface area contributed by atoms with Crippen LogP contribution in [0.1, 0.15) is 12.8 Å². The minimum Gasteiger partial charge on any atom is -0.436 e. The maximum Gasteiger partial charge on any atom is 0.232 e. The van der Waals surface area contributed by atoms with Gasteiger partial charge in [-0.05, 0) is 36.4 Å². The van der Waals surface area contributed by atoms with Crippen molar-refractivity contribution in [2.75, 3.05) is 10.6 Å². The Hall–Kier alpha value is -3.41. The van der Waals surface area contributed by atoms with Crippen molar-refractivity contribution in [2.45, 2.75) is 6.92 Å². The summed E-state index contributed by atoms with van der Waals surface area (Å²) in [5, 5.41) is 5.70. The van der Waals surface area contributed by atoms with Gasteiger partial charge < -0.3 is 15.1 Å². The van der Waals surface area contributed by atoms with E-state index in [0.717, 1.165) is 5.69 Å². The Morgan fingerprint density at radius 1 is 1.08 bits per heavy atom. The normalized spacial score (nSPS) is 11.3. The van der Waals surface area contributed by atoms with Crippen molar-refractivity contribution in [2.24, 2.45) is 0 Å². The van der Waals surface area contributed by atoms with Crippen LogP contribution in [-0.4, -0.2) is 17.2 Å². The highest BCUT2D eigenvalue weighted by Gasteiger charge is 2.09. The standard InChI is InChI=1S/C18H15N3O3/c1-12(23)20-15-8-6-14(7-9-15)19-10-13(11-22)18-21-16-4-2-3-5-17(16)24-18/h2-11,19H,1H3,(H,20,23)/b13-10+. The number of nitrogens with zero attached hydrogens (tertiary/aromatic N) is 1. The van der Waals surface area contributed by atoms with E-state index in [2.05, 4.69) is 15.6 Å². The summed E-state index contributed by atoms with van der Waals surface area (Å²) in [6.45, 7) is 1.45. The Bertz CT molecular complexity index is 878. The zero-order valence-electron chi connectivity index (χ0n) is 12.9. The number of rotatable bonds is 5. The predicted octanol–water partition coefficient (Wildman–Crippen LogP) is 3.44. The number of hydrogen-bond acceptors (Lipinski definition) is 5. The summed E-state index contributed by atoms with van der Waals surface area (Å²) in [6, 6.07) is 14.4. The maximum atomic E-state index is 11.3. The van der Waals surface area contributed by atoms with E-state index in [4.69, 9.17) is 4.42 Å². The topological polar surface area (TPSA) is 84.2 Å². The largest absolute Gasteiger partial charge is 0.436 e. The van der Waals surface area contributed by atoms with Crippen LogP contribution < -0.4 is 10.6 Å². The van der Waals surface area contributed by atoms with Gasteiger partial charge in [-0.15, -0.1) is 0 Å². The molecule has 6 heteroatoms. The lowest BCUT2D eigenvalue weighted by Gasteiger charge is -2.04. The summed E-state index contributed by atoms with van der Waals surface area (Å²) < 4.78 is 5.57. The van der Waals surface area contributed by atoms with Crippen molar-refractivity contribution < 1.29 is 14.0 Å². The third-order valence-corrected chi connectivity index (χ3v) is 3.27. The fraction of sp³-hybridized carbons (Fsp3) is 0.0556. The van der Waals surface area contributed by atoms with Gasteiger partial charge in [0.2, 0.25) is 11.8 Å². The first-order valence-electron chi connectivity index (χ1n) is 7.31. The number of benzene rings is 2. The molecule has 0 aliphatic heterocycles. The van der Waals surface area contributed by atoms with Gasteiger partial charge in [-0.1, -0.05) is 12.1 Å². The number of carbonyl (C=O) groups excluding carboxylic acids is 2. The van der Waals surface area contributed by atoms with Gasteiger partial charge in [-0.25, -0.2) is 4.98 Å². The highest BCUT2D eigenvalue weighted by molar-refractivity contribution is 6.06. The molecule has 1 amide bonds. The van der Waals surface area contributed by atoms with Crippen LogP contribution in [0.5, 0.6) is 0 Å². The second-order valence-electron chi connectivity index (χ2n) is 5.11. The maximum absolute atomic E-state index is 11.3. The smallest absolute Gasteiger partial charge is 0.232 e. The van der Waals surface area contributed by atoms with Crippen LogP contribution in [0, 0.1) is 0 Å². The van der Waals surface area contributed by atoms with Crippen molar-refractivity contribution in [3.63, 3.8) is 0 Å². The van der Waals surface area contributed by atoms with E-state index < -0.39 is 0 Å². The Balaban J connectivity index is 1.78. The molecule has 120 valence electrons. The third kappa shape index (κ3) is 3.49. The SMILES string of the molecule is CC(=O)Nc1ccc(N/C=C(\C=O)c2nc3ccccc3o2)cc1. The van der Waals surface area contributed by atoms with Gasteiger partial charge in [0.15, 0.2) is 11.9 Å². The lowest BCUT2D eigenvalue weighted by Crippen LogP contribution is -2.05. The van der Waals surface area contributed by atoms with E-state index in [-0.39, 0.29) is 11.8 Å². The van der Waals surface area contributed by atoms with Crippen molar-refractivity contribution in [1.29, 1.82) is 0 Å². The molecule has 0 unspecified atom stereocenters. The number of hydrogen-bond donors (Lipinski definition) is 2. The summed E-state index contributed by atoms with van der Waals surface area (Å²) in [5.41, 5.74) is 3.09. The molecule has 0 bridgehead atoms. The van der Waals surface area contributed by atoms with Gasteiger partial charge in [0.1, 0.15) is 5.52 Å². The Kier molecular flexibility index (Phi) is 4.38. The summed E-state index contributed by atoms with van der Waals surface area (Å²) in [4.78, 5) is 26.6. The molecular formula is C18H15N3O3.